The fourth-order valence-electron chi connectivity index (χ4n) is 2.19. The van der Waals surface area contributed by atoms with Crippen molar-refractivity contribution < 1.29 is 24.5 Å². The van der Waals surface area contributed by atoms with E-state index in [-0.39, 0.29) is 31.6 Å². The molecule has 1 saturated heterocycles. The second kappa shape index (κ2) is 7.40. The molecule has 0 aliphatic carbocycles. The van der Waals surface area contributed by atoms with Crippen LogP contribution in [0.2, 0.25) is 0 Å². The van der Waals surface area contributed by atoms with Crippen LogP contribution < -0.4 is 10.1 Å². The van der Waals surface area contributed by atoms with Gasteiger partial charge < -0.3 is 25.0 Å². The normalized spacial score (nSPS) is 25.4. The first-order chi connectivity index (χ1) is 10.1. The van der Waals surface area contributed by atoms with Gasteiger partial charge in [0.25, 0.3) is 5.91 Å². The lowest BCUT2D eigenvalue weighted by Crippen LogP contribution is -2.49. The molecule has 0 unspecified atom stereocenters. The first kappa shape index (κ1) is 15.8. The highest BCUT2D eigenvalue weighted by Gasteiger charge is 2.31. The van der Waals surface area contributed by atoms with Crippen molar-refractivity contribution in [2.75, 3.05) is 26.4 Å². The molecule has 1 aliphatic rings. The third-order valence-corrected chi connectivity index (χ3v) is 3.51. The molecular weight excluding hydrogens is 274 g/mol. The summed E-state index contributed by atoms with van der Waals surface area (Å²) in [5, 5.41) is 21.9. The zero-order chi connectivity index (χ0) is 15.2. The molecule has 116 valence electrons. The molecule has 0 spiro atoms. The first-order valence-electron chi connectivity index (χ1n) is 6.97. The lowest BCUT2D eigenvalue weighted by atomic mass is 9.96. The minimum atomic E-state index is -0.899. The zero-order valence-corrected chi connectivity index (χ0v) is 12.0. The van der Waals surface area contributed by atoms with Crippen LogP contribution in [0, 0.1) is 12.8 Å². The second-order valence-electron chi connectivity index (χ2n) is 5.21. The van der Waals surface area contributed by atoms with Crippen LogP contribution in [-0.2, 0) is 9.53 Å². The van der Waals surface area contributed by atoms with Crippen LogP contribution in [0.1, 0.15) is 5.56 Å². The number of nitrogens with one attached hydrogen (secondary N) is 1. The third kappa shape index (κ3) is 4.42. The molecule has 1 heterocycles. The number of aliphatic hydroxyl groups excluding tert-OH is 2. The Kier molecular flexibility index (Phi) is 5.55. The Hall–Kier alpha value is -1.63. The predicted molar refractivity (Wildman–Crippen MR) is 76.0 cm³/mol. The van der Waals surface area contributed by atoms with Gasteiger partial charge in [-0.1, -0.05) is 18.2 Å². The number of aryl methyl sites for hydroxylation is 1. The van der Waals surface area contributed by atoms with E-state index in [1.807, 2.05) is 25.1 Å². The summed E-state index contributed by atoms with van der Waals surface area (Å²) in [6.07, 6.45) is -1.78. The van der Waals surface area contributed by atoms with Gasteiger partial charge in [0.15, 0.2) is 6.61 Å². The summed E-state index contributed by atoms with van der Waals surface area (Å²) in [6.45, 7) is 2.51. The molecule has 0 radical (unpaired) electrons. The number of hydrogen-bond donors (Lipinski definition) is 3. The Morgan fingerprint density at radius 2 is 2.14 bits per heavy atom. The number of rotatable bonds is 5. The van der Waals surface area contributed by atoms with Gasteiger partial charge in [-0.2, -0.15) is 0 Å². The maximum Gasteiger partial charge on any atom is 0.257 e. The van der Waals surface area contributed by atoms with Crippen molar-refractivity contribution in [3.05, 3.63) is 29.8 Å². The summed E-state index contributed by atoms with van der Waals surface area (Å²) in [5.74, 6) is 0.0887. The van der Waals surface area contributed by atoms with Crippen molar-refractivity contribution >= 4 is 5.91 Å². The molecule has 3 atom stereocenters. The molecule has 21 heavy (non-hydrogen) atoms. The van der Waals surface area contributed by atoms with Crippen LogP contribution in [0.5, 0.6) is 5.75 Å². The number of carbonyl (C=O) groups is 1. The summed E-state index contributed by atoms with van der Waals surface area (Å²) in [4.78, 5) is 11.7. The quantitative estimate of drug-likeness (QED) is 0.703. The van der Waals surface area contributed by atoms with E-state index in [9.17, 15) is 15.0 Å². The Labute approximate surface area is 123 Å². The molecule has 6 heteroatoms. The maximum atomic E-state index is 11.7. The molecule has 1 aromatic carbocycles. The average Bonchev–Trinajstić information content (AvgIpc) is 2.48. The van der Waals surface area contributed by atoms with E-state index in [1.165, 1.54) is 0 Å². The molecule has 1 aromatic rings. The Bertz CT molecular complexity index is 479. The first-order valence-corrected chi connectivity index (χ1v) is 6.97. The van der Waals surface area contributed by atoms with Gasteiger partial charge in [0, 0.05) is 12.5 Å². The van der Waals surface area contributed by atoms with Crippen molar-refractivity contribution in [1.29, 1.82) is 0 Å². The Morgan fingerprint density at radius 3 is 2.90 bits per heavy atom. The highest BCUT2D eigenvalue weighted by molar-refractivity contribution is 5.77. The molecule has 0 aromatic heterocycles. The third-order valence-electron chi connectivity index (χ3n) is 3.51. The van der Waals surface area contributed by atoms with Gasteiger partial charge >= 0.3 is 0 Å². The zero-order valence-electron chi connectivity index (χ0n) is 12.0. The second-order valence-corrected chi connectivity index (χ2v) is 5.21. The molecule has 1 amide bonds. The topological polar surface area (TPSA) is 88.0 Å². The molecule has 1 aliphatic heterocycles. The lowest BCUT2D eigenvalue weighted by molar-refractivity contribution is -0.129. The number of para-hydroxylation sites is 1. The van der Waals surface area contributed by atoms with Crippen molar-refractivity contribution in [3.8, 4) is 5.75 Å². The van der Waals surface area contributed by atoms with E-state index >= 15 is 0 Å². The highest BCUT2D eigenvalue weighted by Crippen LogP contribution is 2.16. The fraction of sp³-hybridized carbons (Fsp3) is 0.533. The molecule has 0 bridgehead atoms. The van der Waals surface area contributed by atoms with Gasteiger partial charge in [0.2, 0.25) is 0 Å². The standard InChI is InChI=1S/C15H21NO5/c1-10-4-2-3-5-13(10)21-9-14(18)16-6-11-7-20-8-12(17)15(11)19/h2-5,11-12,15,17,19H,6-9H2,1H3,(H,16,18)/t11-,12-,15+/m1/s1. The fourth-order valence-corrected chi connectivity index (χ4v) is 2.19. The van der Waals surface area contributed by atoms with E-state index < -0.39 is 12.2 Å². The Morgan fingerprint density at radius 1 is 1.38 bits per heavy atom. The minimum absolute atomic E-state index is 0.0862. The highest BCUT2D eigenvalue weighted by atomic mass is 16.5. The smallest absolute Gasteiger partial charge is 0.257 e. The van der Waals surface area contributed by atoms with Gasteiger partial charge in [-0.25, -0.2) is 0 Å². The van der Waals surface area contributed by atoms with E-state index in [0.717, 1.165) is 5.56 Å². The molecule has 6 nitrogen and oxygen atoms in total. The van der Waals surface area contributed by atoms with Crippen LogP contribution in [0.3, 0.4) is 0 Å². The van der Waals surface area contributed by atoms with Crippen LogP contribution in [0.25, 0.3) is 0 Å². The van der Waals surface area contributed by atoms with E-state index in [2.05, 4.69) is 5.32 Å². The van der Waals surface area contributed by atoms with Gasteiger partial charge in [-0.15, -0.1) is 0 Å². The van der Waals surface area contributed by atoms with Gasteiger partial charge in [0.05, 0.1) is 19.3 Å². The molecule has 3 N–H and O–H groups in total. The summed E-state index contributed by atoms with van der Waals surface area (Å²) in [7, 11) is 0. The number of carbonyl (C=O) groups excluding carboxylic acids is 1. The van der Waals surface area contributed by atoms with Crippen LogP contribution in [-0.4, -0.2) is 54.7 Å². The number of ether oxygens (including phenoxy) is 2. The SMILES string of the molecule is Cc1ccccc1OCC(=O)NC[C@@H]1COC[C@@H](O)[C@H]1O. The summed E-state index contributed by atoms with van der Waals surface area (Å²) in [6, 6.07) is 7.46. The lowest BCUT2D eigenvalue weighted by Gasteiger charge is -2.31. The monoisotopic (exact) mass is 295 g/mol. The van der Waals surface area contributed by atoms with E-state index in [4.69, 9.17) is 9.47 Å². The predicted octanol–water partition coefficient (Wildman–Crippen LogP) is -0.142. The van der Waals surface area contributed by atoms with Crippen molar-refractivity contribution in [2.45, 2.75) is 19.1 Å². The average molecular weight is 295 g/mol. The van der Waals surface area contributed by atoms with Gasteiger partial charge in [-0.3, -0.25) is 4.79 Å². The van der Waals surface area contributed by atoms with Crippen LogP contribution >= 0.6 is 0 Å². The van der Waals surface area contributed by atoms with E-state index in [1.54, 1.807) is 6.07 Å². The summed E-state index contributed by atoms with van der Waals surface area (Å²) < 4.78 is 10.6. The molecule has 0 saturated carbocycles. The molecular formula is C15H21NO5. The number of aliphatic hydroxyl groups is 2. The summed E-state index contributed by atoms with van der Waals surface area (Å²) in [5.41, 5.74) is 0.963. The van der Waals surface area contributed by atoms with Crippen molar-refractivity contribution in [3.63, 3.8) is 0 Å². The van der Waals surface area contributed by atoms with E-state index in [0.29, 0.717) is 12.4 Å². The van der Waals surface area contributed by atoms with Crippen LogP contribution in [0.15, 0.2) is 24.3 Å². The van der Waals surface area contributed by atoms with Crippen molar-refractivity contribution in [2.24, 2.45) is 5.92 Å². The molecule has 2 rings (SSSR count). The van der Waals surface area contributed by atoms with Gasteiger partial charge in [-0.05, 0) is 18.6 Å². The van der Waals surface area contributed by atoms with Crippen molar-refractivity contribution in [1.82, 2.24) is 5.32 Å². The Balaban J connectivity index is 1.74. The summed E-state index contributed by atoms with van der Waals surface area (Å²) >= 11 is 0. The maximum absolute atomic E-state index is 11.7. The largest absolute Gasteiger partial charge is 0.484 e. The number of amides is 1. The van der Waals surface area contributed by atoms with Crippen LogP contribution in [0.4, 0.5) is 0 Å². The van der Waals surface area contributed by atoms with Gasteiger partial charge in [0.1, 0.15) is 11.9 Å². The number of hydrogen-bond acceptors (Lipinski definition) is 5. The molecule has 1 fully saturated rings. The number of benzene rings is 1. The minimum Gasteiger partial charge on any atom is -0.484 e.